The molecule has 0 atom stereocenters. The first-order valence-corrected chi connectivity index (χ1v) is 12.5. The van der Waals surface area contributed by atoms with Crippen LogP contribution in [0.25, 0.3) is 10.9 Å². The number of rotatable bonds is 7. The van der Waals surface area contributed by atoms with Crippen LogP contribution in [0.15, 0.2) is 72.4 Å². The smallest absolute Gasteiger partial charge is 0.253 e. The summed E-state index contributed by atoms with van der Waals surface area (Å²) in [6.07, 6.45) is 6.34. The average molecular weight is 509 g/mol. The van der Waals surface area contributed by atoms with Gasteiger partial charge in [-0.1, -0.05) is 54.1 Å². The molecule has 0 saturated carbocycles. The van der Waals surface area contributed by atoms with Gasteiger partial charge in [0.25, 0.3) is 5.91 Å². The summed E-state index contributed by atoms with van der Waals surface area (Å²) < 4.78 is 0. The minimum absolute atomic E-state index is 0.0357. The number of hydrogen-bond donors (Lipinski definition) is 2. The van der Waals surface area contributed by atoms with E-state index in [9.17, 15) is 14.4 Å². The fourth-order valence-corrected chi connectivity index (χ4v) is 4.28. The summed E-state index contributed by atoms with van der Waals surface area (Å²) in [7, 11) is 1.79. The van der Waals surface area contributed by atoms with E-state index < -0.39 is 0 Å². The number of halogens is 1. The van der Waals surface area contributed by atoms with E-state index in [1.807, 2.05) is 54.7 Å². The van der Waals surface area contributed by atoms with Gasteiger partial charge in [0.05, 0.1) is 0 Å². The van der Waals surface area contributed by atoms with E-state index in [2.05, 4.69) is 11.1 Å². The second kappa shape index (κ2) is 13.5. The minimum Gasteiger partial charge on any atom is -0.369 e. The Labute approximate surface area is 216 Å². The summed E-state index contributed by atoms with van der Waals surface area (Å²) in [5, 5.41) is 1.19. The highest BCUT2D eigenvalue weighted by Gasteiger charge is 2.26. The predicted molar refractivity (Wildman–Crippen MR) is 144 cm³/mol. The molecule has 1 saturated heterocycles. The molecule has 0 aliphatic carbocycles. The largest absolute Gasteiger partial charge is 0.369 e. The van der Waals surface area contributed by atoms with E-state index >= 15 is 0 Å². The van der Waals surface area contributed by atoms with Gasteiger partial charge in [0.2, 0.25) is 11.8 Å². The van der Waals surface area contributed by atoms with Gasteiger partial charge < -0.3 is 20.5 Å². The van der Waals surface area contributed by atoms with E-state index in [4.69, 9.17) is 17.3 Å². The van der Waals surface area contributed by atoms with Gasteiger partial charge in [0.1, 0.15) is 0 Å². The molecule has 1 aliphatic heterocycles. The summed E-state index contributed by atoms with van der Waals surface area (Å²) in [6, 6.07) is 17.3. The molecule has 4 rings (SSSR count). The fourth-order valence-electron chi connectivity index (χ4n) is 4.20. The van der Waals surface area contributed by atoms with Gasteiger partial charge in [-0.15, -0.1) is 0 Å². The molecule has 3 amide bonds. The van der Waals surface area contributed by atoms with Gasteiger partial charge in [-0.3, -0.25) is 14.4 Å². The Bertz CT molecular complexity index is 1180. The van der Waals surface area contributed by atoms with Crippen molar-refractivity contribution in [1.82, 2.24) is 14.8 Å². The maximum absolute atomic E-state index is 12.1. The summed E-state index contributed by atoms with van der Waals surface area (Å²) in [4.78, 5) is 41.7. The van der Waals surface area contributed by atoms with Crippen LogP contribution in [-0.2, 0) is 16.0 Å². The third kappa shape index (κ3) is 7.46. The molecule has 36 heavy (non-hydrogen) atoms. The number of hydrogen-bond acceptors (Lipinski definition) is 3. The SMILES string of the molecule is CN(C/C=C/Cl)C(=O)CCc1c[nH]c2ccccc12.NC(=O)C1CCN(C(=O)c2ccccc2)CC1. The van der Waals surface area contributed by atoms with E-state index in [1.54, 1.807) is 22.9 Å². The molecule has 2 heterocycles. The molecule has 190 valence electrons. The number of primary amides is 1. The van der Waals surface area contributed by atoms with Crippen LogP contribution in [0.2, 0.25) is 0 Å². The van der Waals surface area contributed by atoms with Gasteiger partial charge in [0.15, 0.2) is 0 Å². The number of aryl methyl sites for hydroxylation is 1. The standard InChI is InChI=1S/C15H17ClN2O.C13H16N2O2/c1-18(10-4-9-16)15(19)8-7-12-11-17-14-6-3-2-5-13(12)14;14-12(16)10-6-8-15(9-7-10)13(17)11-4-2-1-3-5-11/h2-6,9,11,17H,7-8,10H2,1H3;1-5,10H,6-9H2,(H2,14,16)/b9-4+;. The van der Waals surface area contributed by atoms with Crippen LogP contribution in [0, 0.1) is 5.92 Å². The number of aromatic nitrogens is 1. The first kappa shape index (κ1) is 27.0. The Hall–Kier alpha value is -3.58. The number of nitrogens with zero attached hydrogens (tertiary/aromatic N) is 2. The van der Waals surface area contributed by atoms with Gasteiger partial charge in [0, 0.05) is 67.2 Å². The zero-order valence-electron chi connectivity index (χ0n) is 20.5. The highest BCUT2D eigenvalue weighted by molar-refractivity contribution is 6.25. The van der Waals surface area contributed by atoms with Crippen molar-refractivity contribution in [2.75, 3.05) is 26.7 Å². The normalized spacial score (nSPS) is 13.9. The molecule has 2 aromatic carbocycles. The minimum atomic E-state index is -0.253. The number of carbonyl (C=O) groups excluding carboxylic acids is 3. The Kier molecular flexibility index (Phi) is 10.1. The number of amides is 3. The van der Waals surface area contributed by atoms with Crippen molar-refractivity contribution in [3.05, 3.63) is 83.5 Å². The van der Waals surface area contributed by atoms with Crippen molar-refractivity contribution in [3.63, 3.8) is 0 Å². The summed E-state index contributed by atoms with van der Waals surface area (Å²) in [6.45, 7) is 1.78. The molecule has 0 spiro atoms. The zero-order valence-corrected chi connectivity index (χ0v) is 21.3. The molecule has 0 bridgehead atoms. The number of nitrogens with one attached hydrogen (secondary N) is 1. The number of aromatic amines is 1. The van der Waals surface area contributed by atoms with Crippen molar-refractivity contribution >= 4 is 40.2 Å². The lowest BCUT2D eigenvalue weighted by Crippen LogP contribution is -2.41. The van der Waals surface area contributed by atoms with Crippen LogP contribution >= 0.6 is 11.6 Å². The molecule has 3 aromatic rings. The zero-order chi connectivity index (χ0) is 25.9. The monoisotopic (exact) mass is 508 g/mol. The fraction of sp³-hybridized carbons (Fsp3) is 0.321. The van der Waals surface area contributed by atoms with Crippen molar-refractivity contribution < 1.29 is 14.4 Å². The van der Waals surface area contributed by atoms with E-state index in [1.165, 1.54) is 16.5 Å². The maximum atomic E-state index is 12.1. The lowest BCUT2D eigenvalue weighted by atomic mass is 9.96. The van der Waals surface area contributed by atoms with Crippen LogP contribution in [0.1, 0.15) is 35.2 Å². The Morgan fingerprint density at radius 1 is 1.08 bits per heavy atom. The second-order valence-corrected chi connectivity index (χ2v) is 9.08. The molecule has 0 radical (unpaired) electrons. The summed E-state index contributed by atoms with van der Waals surface area (Å²) in [5.41, 5.74) is 9.69. The number of para-hydroxylation sites is 1. The molecule has 3 N–H and O–H groups in total. The number of likely N-dealkylation sites (N-methyl/N-ethyl adjacent to an activating group) is 1. The average Bonchev–Trinajstić information content (AvgIpc) is 3.34. The number of H-pyrrole nitrogens is 1. The predicted octanol–water partition coefficient (Wildman–Crippen LogP) is 4.34. The van der Waals surface area contributed by atoms with Crippen molar-refractivity contribution in [1.29, 1.82) is 0 Å². The molecule has 1 aliphatic rings. The highest BCUT2D eigenvalue weighted by atomic mass is 35.5. The third-order valence-corrected chi connectivity index (χ3v) is 6.56. The molecule has 1 aromatic heterocycles. The Morgan fingerprint density at radius 3 is 2.42 bits per heavy atom. The van der Waals surface area contributed by atoms with Crippen molar-refractivity contribution in [2.24, 2.45) is 11.7 Å². The van der Waals surface area contributed by atoms with Crippen LogP contribution in [0.3, 0.4) is 0 Å². The highest BCUT2D eigenvalue weighted by Crippen LogP contribution is 2.20. The molecule has 8 heteroatoms. The first-order chi connectivity index (χ1) is 17.4. The molecule has 0 unspecified atom stereocenters. The third-order valence-electron chi connectivity index (χ3n) is 6.38. The number of piperidine rings is 1. The second-order valence-electron chi connectivity index (χ2n) is 8.83. The number of nitrogens with two attached hydrogens (primary N) is 1. The Balaban J connectivity index is 0.000000202. The lowest BCUT2D eigenvalue weighted by molar-refractivity contribution is -0.129. The molecular weight excluding hydrogens is 476 g/mol. The molecule has 7 nitrogen and oxygen atoms in total. The molecular formula is C28H33ClN4O3. The number of likely N-dealkylation sites (tertiary alicyclic amines) is 1. The van der Waals surface area contributed by atoms with Crippen molar-refractivity contribution in [3.8, 4) is 0 Å². The van der Waals surface area contributed by atoms with E-state index in [-0.39, 0.29) is 23.6 Å². The van der Waals surface area contributed by atoms with E-state index in [0.717, 1.165) is 11.9 Å². The van der Waals surface area contributed by atoms with Gasteiger partial charge in [-0.05, 0) is 43.0 Å². The van der Waals surface area contributed by atoms with Crippen LogP contribution in [0.4, 0.5) is 0 Å². The van der Waals surface area contributed by atoms with Crippen LogP contribution in [-0.4, -0.2) is 59.2 Å². The lowest BCUT2D eigenvalue weighted by Gasteiger charge is -2.30. The maximum Gasteiger partial charge on any atom is 0.253 e. The van der Waals surface area contributed by atoms with Crippen LogP contribution < -0.4 is 5.73 Å². The quantitative estimate of drug-likeness (QED) is 0.496. The number of fused-ring (bicyclic) bond motifs is 1. The topological polar surface area (TPSA) is 99.5 Å². The van der Waals surface area contributed by atoms with Gasteiger partial charge in [-0.2, -0.15) is 0 Å². The van der Waals surface area contributed by atoms with Gasteiger partial charge in [-0.25, -0.2) is 0 Å². The van der Waals surface area contributed by atoms with Crippen LogP contribution in [0.5, 0.6) is 0 Å². The Morgan fingerprint density at radius 2 is 1.75 bits per heavy atom. The summed E-state index contributed by atoms with van der Waals surface area (Å²) in [5.74, 6) is -0.166. The van der Waals surface area contributed by atoms with Crippen molar-refractivity contribution in [2.45, 2.75) is 25.7 Å². The number of carbonyl (C=O) groups is 3. The summed E-state index contributed by atoms with van der Waals surface area (Å²) >= 11 is 5.45. The molecule has 1 fully saturated rings. The number of benzene rings is 2. The van der Waals surface area contributed by atoms with Gasteiger partial charge >= 0.3 is 0 Å². The first-order valence-electron chi connectivity index (χ1n) is 12.1. The van der Waals surface area contributed by atoms with E-state index in [0.29, 0.717) is 44.5 Å².